The number of benzene rings is 2. The van der Waals surface area contributed by atoms with Crippen LogP contribution in [-0.2, 0) is 4.74 Å². The number of carbonyl (C=O) groups excluding carboxylic acids is 2. The number of hydrogen-bond acceptors (Lipinski definition) is 5. The molecule has 1 aliphatic heterocycles. The molecule has 5 nitrogen and oxygen atoms in total. The normalized spacial score (nSPS) is 20.4. The summed E-state index contributed by atoms with van der Waals surface area (Å²) >= 11 is 0. The van der Waals surface area contributed by atoms with Gasteiger partial charge in [0.15, 0.2) is 11.6 Å². The fourth-order valence-electron chi connectivity index (χ4n) is 3.50. The minimum absolute atomic E-state index is 0.0835. The predicted molar refractivity (Wildman–Crippen MR) is 99.2 cm³/mol. The predicted octanol–water partition coefficient (Wildman–Crippen LogP) is 3.09. The third-order valence-electron chi connectivity index (χ3n) is 5.28. The van der Waals surface area contributed by atoms with E-state index in [4.69, 9.17) is 4.74 Å². The topological polar surface area (TPSA) is 70.7 Å². The molecule has 3 aliphatic rings. The lowest BCUT2D eigenvalue weighted by Crippen LogP contribution is -2.25. The van der Waals surface area contributed by atoms with Crippen LogP contribution in [0, 0.1) is 5.92 Å². The molecule has 0 amide bonds. The third-order valence-corrected chi connectivity index (χ3v) is 5.28. The molecule has 1 heterocycles. The van der Waals surface area contributed by atoms with E-state index >= 15 is 0 Å². The van der Waals surface area contributed by atoms with Crippen LogP contribution in [0.4, 0.5) is 11.4 Å². The number of anilines is 2. The molecule has 5 heteroatoms. The van der Waals surface area contributed by atoms with Gasteiger partial charge in [0, 0.05) is 35.6 Å². The zero-order valence-electron chi connectivity index (χ0n) is 14.4. The summed E-state index contributed by atoms with van der Waals surface area (Å²) in [4.78, 5) is 26.4. The van der Waals surface area contributed by atoms with Gasteiger partial charge in [0.1, 0.15) is 0 Å². The SMILES string of the molecule is O=C1c2ccccc2C(=O)c2c(NC[C@H]3CO3)ccc(NCC3CC3)c21. The first-order valence-electron chi connectivity index (χ1n) is 9.17. The molecule has 2 N–H and O–H groups in total. The number of hydrogen-bond donors (Lipinski definition) is 2. The molecular formula is C21H20N2O3. The molecular weight excluding hydrogens is 328 g/mol. The summed E-state index contributed by atoms with van der Waals surface area (Å²) in [5, 5.41) is 6.69. The van der Waals surface area contributed by atoms with Crippen LogP contribution < -0.4 is 10.6 Å². The van der Waals surface area contributed by atoms with Gasteiger partial charge in [-0.15, -0.1) is 0 Å². The summed E-state index contributed by atoms with van der Waals surface area (Å²) in [6.07, 6.45) is 2.65. The molecule has 1 saturated carbocycles. The maximum atomic E-state index is 13.2. The molecule has 0 bridgehead atoms. The lowest BCUT2D eigenvalue weighted by molar-refractivity contribution is 0.0980. The molecule has 132 valence electrons. The van der Waals surface area contributed by atoms with Crippen LogP contribution in [-0.4, -0.2) is 37.4 Å². The average Bonchev–Trinajstić information content (AvgIpc) is 3.57. The molecule has 0 aromatic heterocycles. The number of rotatable bonds is 6. The van der Waals surface area contributed by atoms with Crippen LogP contribution in [0.25, 0.3) is 0 Å². The first kappa shape index (κ1) is 15.6. The second-order valence-electron chi connectivity index (χ2n) is 7.28. The Morgan fingerprint density at radius 3 is 1.88 bits per heavy atom. The minimum atomic E-state index is -0.0931. The van der Waals surface area contributed by atoms with E-state index in [0.29, 0.717) is 40.4 Å². The van der Waals surface area contributed by atoms with Gasteiger partial charge < -0.3 is 15.4 Å². The van der Waals surface area contributed by atoms with E-state index in [2.05, 4.69) is 10.6 Å². The van der Waals surface area contributed by atoms with Gasteiger partial charge in [-0.05, 0) is 30.9 Å². The first-order chi connectivity index (χ1) is 12.7. The second kappa shape index (κ2) is 5.95. The molecule has 2 aliphatic carbocycles. The lowest BCUT2D eigenvalue weighted by atomic mass is 9.82. The Morgan fingerprint density at radius 2 is 1.38 bits per heavy atom. The zero-order valence-corrected chi connectivity index (χ0v) is 14.4. The zero-order chi connectivity index (χ0) is 17.7. The van der Waals surface area contributed by atoms with Gasteiger partial charge in [0.25, 0.3) is 0 Å². The van der Waals surface area contributed by atoms with Gasteiger partial charge in [0.05, 0.1) is 23.8 Å². The van der Waals surface area contributed by atoms with Gasteiger partial charge in [-0.3, -0.25) is 9.59 Å². The largest absolute Gasteiger partial charge is 0.384 e. The summed E-state index contributed by atoms with van der Waals surface area (Å²) in [5.41, 5.74) is 3.41. The Hall–Kier alpha value is -2.66. The highest BCUT2D eigenvalue weighted by atomic mass is 16.6. The molecule has 1 saturated heterocycles. The molecule has 2 aromatic rings. The van der Waals surface area contributed by atoms with Crippen molar-refractivity contribution in [3.05, 3.63) is 58.7 Å². The molecule has 1 atom stereocenters. The Kier molecular flexibility index (Phi) is 3.57. The quantitative estimate of drug-likeness (QED) is 0.670. The highest BCUT2D eigenvalue weighted by Gasteiger charge is 2.34. The van der Waals surface area contributed by atoms with Crippen molar-refractivity contribution in [2.24, 2.45) is 5.92 Å². The van der Waals surface area contributed by atoms with Crippen molar-refractivity contribution in [2.75, 3.05) is 30.3 Å². The van der Waals surface area contributed by atoms with Gasteiger partial charge in [0.2, 0.25) is 0 Å². The molecule has 0 spiro atoms. The highest BCUT2D eigenvalue weighted by molar-refractivity contribution is 6.31. The van der Waals surface area contributed by atoms with Crippen LogP contribution in [0.1, 0.15) is 44.7 Å². The maximum absolute atomic E-state index is 13.2. The highest BCUT2D eigenvalue weighted by Crippen LogP contribution is 2.37. The lowest BCUT2D eigenvalue weighted by Gasteiger charge is -2.23. The summed E-state index contributed by atoms with van der Waals surface area (Å²) in [6, 6.07) is 10.9. The van der Waals surface area contributed by atoms with Crippen molar-refractivity contribution in [3.63, 3.8) is 0 Å². The van der Waals surface area contributed by atoms with E-state index in [1.807, 2.05) is 12.1 Å². The van der Waals surface area contributed by atoms with Gasteiger partial charge >= 0.3 is 0 Å². The molecule has 0 unspecified atom stereocenters. The van der Waals surface area contributed by atoms with Gasteiger partial charge in [-0.2, -0.15) is 0 Å². The molecule has 2 aromatic carbocycles. The molecule has 5 rings (SSSR count). The summed E-state index contributed by atoms with van der Waals surface area (Å²) in [5.74, 6) is 0.501. The van der Waals surface area contributed by atoms with Crippen LogP contribution in [0.3, 0.4) is 0 Å². The van der Waals surface area contributed by atoms with Crippen LogP contribution in [0.15, 0.2) is 36.4 Å². The van der Waals surface area contributed by atoms with Crippen molar-refractivity contribution < 1.29 is 14.3 Å². The summed E-state index contributed by atoms with van der Waals surface area (Å²) < 4.78 is 5.25. The summed E-state index contributed by atoms with van der Waals surface area (Å²) in [6.45, 7) is 2.23. The van der Waals surface area contributed by atoms with Crippen LogP contribution in [0.5, 0.6) is 0 Å². The smallest absolute Gasteiger partial charge is 0.196 e. The van der Waals surface area contributed by atoms with Crippen molar-refractivity contribution in [1.82, 2.24) is 0 Å². The average molecular weight is 348 g/mol. The molecule has 26 heavy (non-hydrogen) atoms. The van der Waals surface area contributed by atoms with Gasteiger partial charge in [-0.1, -0.05) is 24.3 Å². The van der Waals surface area contributed by atoms with E-state index in [-0.39, 0.29) is 17.7 Å². The number of fused-ring (bicyclic) bond motifs is 2. The molecule has 0 radical (unpaired) electrons. The number of nitrogens with one attached hydrogen (secondary N) is 2. The van der Waals surface area contributed by atoms with Crippen LogP contribution >= 0.6 is 0 Å². The van der Waals surface area contributed by atoms with E-state index < -0.39 is 0 Å². The van der Waals surface area contributed by atoms with E-state index in [0.717, 1.165) is 18.8 Å². The Labute approximate surface area is 151 Å². The first-order valence-corrected chi connectivity index (χ1v) is 9.17. The maximum Gasteiger partial charge on any atom is 0.196 e. The third kappa shape index (κ3) is 2.69. The van der Waals surface area contributed by atoms with Crippen molar-refractivity contribution in [3.8, 4) is 0 Å². The molecule has 2 fully saturated rings. The second-order valence-corrected chi connectivity index (χ2v) is 7.28. The Morgan fingerprint density at radius 1 is 0.846 bits per heavy atom. The van der Waals surface area contributed by atoms with Crippen molar-refractivity contribution in [1.29, 1.82) is 0 Å². The fraction of sp³-hybridized carbons (Fsp3) is 0.333. The monoisotopic (exact) mass is 348 g/mol. The Bertz CT molecular complexity index is 839. The number of ether oxygens (including phenoxy) is 1. The van der Waals surface area contributed by atoms with Crippen molar-refractivity contribution >= 4 is 22.9 Å². The number of epoxide rings is 1. The van der Waals surface area contributed by atoms with E-state index in [1.54, 1.807) is 24.3 Å². The van der Waals surface area contributed by atoms with Crippen LogP contribution in [0.2, 0.25) is 0 Å². The summed E-state index contributed by atoms with van der Waals surface area (Å²) in [7, 11) is 0. The number of carbonyl (C=O) groups is 2. The number of ketones is 2. The van der Waals surface area contributed by atoms with E-state index in [9.17, 15) is 9.59 Å². The minimum Gasteiger partial charge on any atom is -0.384 e. The van der Waals surface area contributed by atoms with Gasteiger partial charge in [-0.25, -0.2) is 0 Å². The van der Waals surface area contributed by atoms with E-state index in [1.165, 1.54) is 12.8 Å². The Balaban J connectivity index is 1.59. The standard InChI is InChI=1S/C21H20N2O3/c24-20-14-3-1-2-4-15(14)21(25)19-17(23-10-13-11-26-13)8-7-16(18(19)20)22-9-12-5-6-12/h1-4,7-8,12-13,22-23H,5-6,9-11H2/t13-/m0/s1. The van der Waals surface area contributed by atoms with Crippen molar-refractivity contribution in [2.45, 2.75) is 18.9 Å². The fourth-order valence-corrected chi connectivity index (χ4v) is 3.50.